The van der Waals surface area contributed by atoms with Crippen LogP contribution in [0.25, 0.3) is 0 Å². The molecule has 0 saturated heterocycles. The van der Waals surface area contributed by atoms with Gasteiger partial charge in [-0.15, -0.1) is 0 Å². The summed E-state index contributed by atoms with van der Waals surface area (Å²) < 4.78 is 27.8. The molecule has 0 saturated carbocycles. The molecule has 1 unspecified atom stereocenters. The standard InChI is InChI=1S/C12H27NO4S/c1-11(2,3)18(15,16)9-7-13-10-12(4,14)6-8-17-5/h13-14H,6-10H2,1-5H3. The van der Waals surface area contributed by atoms with E-state index in [2.05, 4.69) is 5.32 Å². The highest BCUT2D eigenvalue weighted by Crippen LogP contribution is 2.15. The minimum atomic E-state index is -3.10. The lowest BCUT2D eigenvalue weighted by Gasteiger charge is -2.24. The Balaban J connectivity index is 4.01. The summed E-state index contributed by atoms with van der Waals surface area (Å²) in [7, 11) is -1.52. The first kappa shape index (κ1) is 17.8. The Labute approximate surface area is 111 Å². The molecule has 0 fully saturated rings. The fourth-order valence-electron chi connectivity index (χ4n) is 1.28. The van der Waals surface area contributed by atoms with Crippen LogP contribution in [0.4, 0.5) is 0 Å². The first-order valence-corrected chi connectivity index (χ1v) is 7.81. The lowest BCUT2D eigenvalue weighted by Crippen LogP contribution is -2.41. The quantitative estimate of drug-likeness (QED) is 0.636. The molecule has 6 heteroatoms. The molecule has 110 valence electrons. The van der Waals surface area contributed by atoms with Crippen LogP contribution in [0.3, 0.4) is 0 Å². The summed E-state index contributed by atoms with van der Waals surface area (Å²) in [5.74, 6) is 0.0802. The van der Waals surface area contributed by atoms with Gasteiger partial charge in [-0.05, 0) is 27.7 Å². The maximum atomic E-state index is 11.8. The second-order valence-electron chi connectivity index (χ2n) is 5.85. The third-order valence-electron chi connectivity index (χ3n) is 2.83. The molecule has 0 aliphatic rings. The molecule has 0 rings (SSSR count). The fraction of sp³-hybridized carbons (Fsp3) is 1.00. The minimum Gasteiger partial charge on any atom is -0.389 e. The number of methoxy groups -OCH3 is 1. The zero-order valence-corrected chi connectivity index (χ0v) is 12.9. The van der Waals surface area contributed by atoms with Crippen molar-refractivity contribution in [3.05, 3.63) is 0 Å². The molecular weight excluding hydrogens is 254 g/mol. The zero-order valence-electron chi connectivity index (χ0n) is 12.1. The Hall–Kier alpha value is -0.170. The summed E-state index contributed by atoms with van der Waals surface area (Å²) in [4.78, 5) is 0. The van der Waals surface area contributed by atoms with E-state index in [4.69, 9.17) is 4.74 Å². The van der Waals surface area contributed by atoms with Gasteiger partial charge in [-0.1, -0.05) is 0 Å². The monoisotopic (exact) mass is 281 g/mol. The third kappa shape index (κ3) is 6.68. The summed E-state index contributed by atoms with van der Waals surface area (Å²) in [5, 5.41) is 12.9. The van der Waals surface area contributed by atoms with E-state index in [1.165, 1.54) is 0 Å². The Kier molecular flexibility index (Phi) is 6.78. The number of rotatable bonds is 8. The molecule has 0 aromatic heterocycles. The number of hydrogen-bond acceptors (Lipinski definition) is 5. The SMILES string of the molecule is COCCC(C)(O)CNCCS(=O)(=O)C(C)(C)C. The van der Waals surface area contributed by atoms with E-state index < -0.39 is 20.2 Å². The normalized spacial score (nSPS) is 16.6. The highest BCUT2D eigenvalue weighted by atomic mass is 32.2. The molecule has 2 N–H and O–H groups in total. The van der Waals surface area contributed by atoms with Gasteiger partial charge in [0.1, 0.15) is 0 Å². The van der Waals surface area contributed by atoms with Crippen LogP contribution < -0.4 is 5.32 Å². The number of aliphatic hydroxyl groups is 1. The molecule has 0 aliphatic heterocycles. The lowest BCUT2D eigenvalue weighted by molar-refractivity contribution is 0.0254. The summed E-state index contributed by atoms with van der Waals surface area (Å²) in [6.07, 6.45) is 0.516. The van der Waals surface area contributed by atoms with Crippen molar-refractivity contribution in [2.75, 3.05) is 32.6 Å². The van der Waals surface area contributed by atoms with Gasteiger partial charge in [0.2, 0.25) is 0 Å². The predicted molar refractivity (Wildman–Crippen MR) is 73.5 cm³/mol. The van der Waals surface area contributed by atoms with Crippen molar-refractivity contribution in [1.29, 1.82) is 0 Å². The van der Waals surface area contributed by atoms with Crippen LogP contribution in [-0.2, 0) is 14.6 Å². The molecule has 0 spiro atoms. The van der Waals surface area contributed by atoms with Gasteiger partial charge in [-0.3, -0.25) is 0 Å². The van der Waals surface area contributed by atoms with Gasteiger partial charge in [0.25, 0.3) is 0 Å². The number of hydrogen-bond donors (Lipinski definition) is 2. The molecule has 1 atom stereocenters. The van der Waals surface area contributed by atoms with Gasteiger partial charge >= 0.3 is 0 Å². The minimum absolute atomic E-state index is 0.0802. The average molecular weight is 281 g/mol. The van der Waals surface area contributed by atoms with E-state index in [9.17, 15) is 13.5 Å². The predicted octanol–water partition coefficient (Wildman–Crippen LogP) is 0.577. The van der Waals surface area contributed by atoms with Crippen LogP contribution in [0.2, 0.25) is 0 Å². The van der Waals surface area contributed by atoms with Crippen molar-refractivity contribution in [1.82, 2.24) is 5.32 Å². The van der Waals surface area contributed by atoms with Gasteiger partial charge in [-0.2, -0.15) is 0 Å². The van der Waals surface area contributed by atoms with Gasteiger partial charge in [0, 0.05) is 33.2 Å². The van der Waals surface area contributed by atoms with Crippen LogP contribution in [0.5, 0.6) is 0 Å². The third-order valence-corrected chi connectivity index (χ3v) is 5.44. The molecule has 0 heterocycles. The largest absolute Gasteiger partial charge is 0.389 e. The summed E-state index contributed by atoms with van der Waals surface area (Å²) >= 11 is 0. The molecule has 0 amide bonds. The van der Waals surface area contributed by atoms with Crippen molar-refractivity contribution in [2.45, 2.75) is 44.5 Å². The molecule has 5 nitrogen and oxygen atoms in total. The van der Waals surface area contributed by atoms with Crippen LogP contribution in [0.1, 0.15) is 34.1 Å². The second kappa shape index (κ2) is 6.84. The molecule has 18 heavy (non-hydrogen) atoms. The Morgan fingerprint density at radius 3 is 2.22 bits per heavy atom. The van der Waals surface area contributed by atoms with Crippen molar-refractivity contribution in [2.24, 2.45) is 0 Å². The maximum Gasteiger partial charge on any atom is 0.156 e. The van der Waals surface area contributed by atoms with E-state index in [1.807, 2.05) is 0 Å². The van der Waals surface area contributed by atoms with E-state index in [1.54, 1.807) is 34.8 Å². The van der Waals surface area contributed by atoms with E-state index in [0.29, 0.717) is 26.1 Å². The smallest absolute Gasteiger partial charge is 0.156 e. The highest BCUT2D eigenvalue weighted by molar-refractivity contribution is 7.92. The highest BCUT2D eigenvalue weighted by Gasteiger charge is 2.28. The summed E-state index contributed by atoms with van der Waals surface area (Å²) in [5.41, 5.74) is -0.874. The second-order valence-corrected chi connectivity index (χ2v) is 8.71. The molecule has 0 bridgehead atoms. The van der Waals surface area contributed by atoms with E-state index in [0.717, 1.165) is 0 Å². The maximum absolute atomic E-state index is 11.8. The Morgan fingerprint density at radius 1 is 1.22 bits per heavy atom. The van der Waals surface area contributed by atoms with E-state index >= 15 is 0 Å². The first-order valence-electron chi connectivity index (χ1n) is 6.16. The molecule has 0 aromatic rings. The lowest BCUT2D eigenvalue weighted by atomic mass is 10.0. The van der Waals surface area contributed by atoms with Crippen molar-refractivity contribution in [3.63, 3.8) is 0 Å². The van der Waals surface area contributed by atoms with Crippen molar-refractivity contribution >= 4 is 9.84 Å². The van der Waals surface area contributed by atoms with Gasteiger partial charge in [0.15, 0.2) is 9.84 Å². The van der Waals surface area contributed by atoms with Crippen LogP contribution >= 0.6 is 0 Å². The van der Waals surface area contributed by atoms with Crippen LogP contribution in [-0.4, -0.2) is 56.4 Å². The Morgan fingerprint density at radius 2 is 1.78 bits per heavy atom. The topological polar surface area (TPSA) is 75.6 Å². The van der Waals surface area contributed by atoms with Gasteiger partial charge in [0.05, 0.1) is 16.1 Å². The first-order chi connectivity index (χ1) is 8.02. The molecule has 0 aliphatic carbocycles. The Bertz CT molecular complexity index is 330. The van der Waals surface area contributed by atoms with Crippen LogP contribution in [0, 0.1) is 0 Å². The fourth-order valence-corrected chi connectivity index (χ4v) is 2.31. The molecule has 0 aromatic carbocycles. The molecular formula is C12H27NO4S. The van der Waals surface area contributed by atoms with Crippen molar-refractivity contribution in [3.8, 4) is 0 Å². The number of sulfone groups is 1. The average Bonchev–Trinajstić information content (AvgIpc) is 2.20. The van der Waals surface area contributed by atoms with Crippen molar-refractivity contribution < 1.29 is 18.3 Å². The van der Waals surface area contributed by atoms with Gasteiger partial charge in [-0.25, -0.2) is 8.42 Å². The summed E-state index contributed by atoms with van der Waals surface area (Å²) in [6.45, 7) is 7.97. The number of ether oxygens (including phenoxy) is 1. The summed E-state index contributed by atoms with van der Waals surface area (Å²) in [6, 6.07) is 0. The van der Waals surface area contributed by atoms with Gasteiger partial charge < -0.3 is 15.2 Å². The van der Waals surface area contributed by atoms with E-state index in [-0.39, 0.29) is 5.75 Å². The number of nitrogens with one attached hydrogen (secondary N) is 1. The molecule has 0 radical (unpaired) electrons. The zero-order chi connectivity index (χ0) is 14.4. The van der Waals surface area contributed by atoms with Crippen LogP contribution in [0.15, 0.2) is 0 Å².